The van der Waals surface area contributed by atoms with Crippen molar-refractivity contribution in [2.75, 3.05) is 9.80 Å². The smallest absolute Gasteiger partial charge is 0.252 e. The average Bonchev–Trinajstić information content (AvgIpc) is 1.62. The molecule has 0 saturated heterocycles. The number of nitrogens with zero attached hydrogens (tertiary/aromatic N) is 6. The fourth-order valence-electron chi connectivity index (χ4n) is 17.6. The summed E-state index contributed by atoms with van der Waals surface area (Å²) in [5, 5.41) is 16.9. The van der Waals surface area contributed by atoms with E-state index in [1.54, 1.807) is 4.57 Å². The van der Waals surface area contributed by atoms with Crippen LogP contribution in [0.1, 0.15) is 95.5 Å². The van der Waals surface area contributed by atoms with E-state index in [-0.39, 0.29) is 38.1 Å². The monoisotopic (exact) mass is 1420 g/mol. The van der Waals surface area contributed by atoms with Gasteiger partial charge >= 0.3 is 0 Å². The number of anilines is 6. The van der Waals surface area contributed by atoms with Crippen molar-refractivity contribution in [2.45, 2.75) is 78.6 Å². The maximum absolute atomic E-state index is 12.7. The highest BCUT2D eigenvalue weighted by atomic mass is 15.2. The van der Waals surface area contributed by atoms with Crippen LogP contribution >= 0.6 is 0 Å². The van der Waals surface area contributed by atoms with Gasteiger partial charge in [0, 0.05) is 71.9 Å². The molecule has 2 aliphatic heterocycles. The molecule has 5 heterocycles. The quantitative estimate of drug-likeness (QED) is 0.135. The molecule has 0 bridgehead atoms. The first-order valence-corrected chi connectivity index (χ1v) is 37.9. The summed E-state index contributed by atoms with van der Waals surface area (Å²) in [6.45, 7) is 19.6. The van der Waals surface area contributed by atoms with Crippen LogP contribution in [0.5, 0.6) is 0 Å². The SMILES string of the molecule is [2H]c1c([2H])c([2H])c2c(c1[2H])c1c([2H])c([2H])c([2H])c([2H])c1n2-c1cc2c3c(c1)N(c1c(-c4ccccc4)cc(C(C)(C)C)cc1-c1ccccc1)c1cc(-c4ccccc4-c4ccccc4)ccc1B3c1ccc(-n3c4ccc(C(C)(C)C)cc4c4cc(C(C)(C)C)ccc43)cc1N2c1cccc(-n2c3ccccc3c3ccccc32)c1C#N. The first kappa shape index (κ1) is 58.0. The highest BCUT2D eigenvalue weighted by molar-refractivity contribution is 7.00. The molecule has 15 aromatic carbocycles. The molecule has 0 amide bonds. The van der Waals surface area contributed by atoms with Gasteiger partial charge in [0.1, 0.15) is 11.6 Å². The number of rotatable bonds is 9. The third-order valence-electron chi connectivity index (χ3n) is 23.0. The molecule has 7 heteroatoms. The van der Waals surface area contributed by atoms with Gasteiger partial charge in [0.15, 0.2) is 0 Å². The summed E-state index contributed by atoms with van der Waals surface area (Å²) in [6, 6.07) is 97.9. The summed E-state index contributed by atoms with van der Waals surface area (Å²) in [5.41, 5.74) is 23.4. The fraction of sp³-hybridized carbons (Fsp3) is 0.117. The zero-order valence-electron chi connectivity index (χ0n) is 70.8. The van der Waals surface area contributed by atoms with Gasteiger partial charge in [-0.2, -0.15) is 5.26 Å². The number of benzene rings is 15. The molecule has 0 N–H and O–H groups in total. The van der Waals surface area contributed by atoms with Crippen LogP contribution in [-0.4, -0.2) is 20.4 Å². The van der Waals surface area contributed by atoms with E-state index in [2.05, 4.69) is 300 Å². The third kappa shape index (κ3) is 10.4. The van der Waals surface area contributed by atoms with E-state index < -0.39 is 55.1 Å². The van der Waals surface area contributed by atoms with E-state index in [1.807, 2.05) is 66.7 Å². The number of hydrogen-bond acceptors (Lipinski definition) is 3. The van der Waals surface area contributed by atoms with Crippen molar-refractivity contribution in [3.63, 3.8) is 0 Å². The van der Waals surface area contributed by atoms with Gasteiger partial charge in [0.25, 0.3) is 6.71 Å². The lowest BCUT2D eigenvalue weighted by Gasteiger charge is -2.45. The molecule has 0 spiro atoms. The van der Waals surface area contributed by atoms with Gasteiger partial charge in [-0.1, -0.05) is 287 Å². The molecule has 0 atom stereocenters. The number of para-hydroxylation sites is 4. The molecule has 2 aliphatic rings. The Kier molecular flexibility index (Phi) is 13.2. The van der Waals surface area contributed by atoms with Gasteiger partial charge in [-0.15, -0.1) is 0 Å². The summed E-state index contributed by atoms with van der Waals surface area (Å²) >= 11 is 0. The first-order valence-electron chi connectivity index (χ1n) is 41.9. The lowest BCUT2D eigenvalue weighted by Crippen LogP contribution is -2.61. The minimum Gasteiger partial charge on any atom is -0.310 e. The summed E-state index contributed by atoms with van der Waals surface area (Å²) < 4.78 is 84.3. The van der Waals surface area contributed by atoms with Crippen LogP contribution in [0.25, 0.3) is 127 Å². The van der Waals surface area contributed by atoms with Crippen LogP contribution in [0, 0.1) is 11.3 Å². The lowest BCUT2D eigenvalue weighted by atomic mass is 9.33. The van der Waals surface area contributed by atoms with Crippen molar-refractivity contribution in [3.05, 3.63) is 350 Å². The number of nitriles is 1. The van der Waals surface area contributed by atoms with E-state index in [9.17, 15) is 16.2 Å². The summed E-state index contributed by atoms with van der Waals surface area (Å²) in [5.74, 6) is 0. The van der Waals surface area contributed by atoms with Crippen molar-refractivity contribution in [2.24, 2.45) is 0 Å². The van der Waals surface area contributed by atoms with E-state index >= 15 is 0 Å². The Morgan fingerprint density at radius 3 is 1.27 bits per heavy atom. The number of fused-ring (bicyclic) bond motifs is 13. The van der Waals surface area contributed by atoms with E-state index in [0.29, 0.717) is 34.0 Å². The third-order valence-corrected chi connectivity index (χ3v) is 23.0. The van der Waals surface area contributed by atoms with Gasteiger partial charge < -0.3 is 23.5 Å². The Morgan fingerprint density at radius 2 is 0.736 bits per heavy atom. The Bertz CT molecular complexity index is 7120. The predicted molar refractivity (Wildman–Crippen MR) is 466 cm³/mol. The molecule has 18 aromatic rings. The van der Waals surface area contributed by atoms with Gasteiger partial charge in [0.05, 0.1) is 66.8 Å². The standard InChI is InChI=1S/C103H81BN6/c1-101(2,3)69-49-54-93-82(57-69)83-58-70(102(4,5)6)50-55-94(83)106(93)72-51-53-86-96(61-72)109(92-47-29-46-91(84(92)64-105)108-89-44-27-23-40-78(89)79-41-24-28-45-90(79)108)97-62-73(107-87-42-25-21-38-76(87)77-39-22-26-43-88(77)107)63-98-99(97)104(86)85-52-48-68(75-37-20-19-36-74(75)65-30-13-10-14-31-65)56-95(85)110(98)100-80(66-32-15-11-16-33-66)59-71(103(7,8)9)60-81(100)67-34-17-12-18-35-67/h10-63H,1-9H3/i21D,22D,25D,26D,38D,39D,42D,43D. The minimum atomic E-state index is -0.612. The molecule has 3 aromatic heterocycles. The Labute approximate surface area is 654 Å². The fourth-order valence-corrected chi connectivity index (χ4v) is 17.6. The van der Waals surface area contributed by atoms with Crippen LogP contribution in [0.3, 0.4) is 0 Å². The van der Waals surface area contributed by atoms with Crippen LogP contribution in [-0.2, 0) is 16.2 Å². The average molecular weight is 1420 g/mol. The topological polar surface area (TPSA) is 45.1 Å². The van der Waals surface area contributed by atoms with Crippen molar-refractivity contribution in [3.8, 4) is 67.6 Å². The second-order valence-corrected chi connectivity index (χ2v) is 32.6. The van der Waals surface area contributed by atoms with Crippen molar-refractivity contribution >= 4 is 123 Å². The van der Waals surface area contributed by atoms with Crippen LogP contribution < -0.4 is 26.2 Å². The molecule has 20 rings (SSSR count). The highest BCUT2D eigenvalue weighted by Gasteiger charge is 2.46. The lowest BCUT2D eigenvalue weighted by molar-refractivity contribution is 0.590. The zero-order chi connectivity index (χ0) is 81.6. The molecule has 0 saturated carbocycles. The highest BCUT2D eigenvalue weighted by Crippen LogP contribution is 2.54. The van der Waals surface area contributed by atoms with Crippen molar-refractivity contribution in [1.82, 2.24) is 13.7 Å². The molecule has 110 heavy (non-hydrogen) atoms. The molecule has 0 radical (unpaired) electrons. The van der Waals surface area contributed by atoms with Crippen LogP contribution in [0.4, 0.5) is 34.1 Å². The maximum Gasteiger partial charge on any atom is 0.252 e. The maximum atomic E-state index is 12.7. The van der Waals surface area contributed by atoms with Gasteiger partial charge in [-0.3, -0.25) is 0 Å². The molecule has 0 unspecified atom stereocenters. The van der Waals surface area contributed by atoms with Gasteiger partial charge in [-0.25, -0.2) is 0 Å². The predicted octanol–water partition coefficient (Wildman–Crippen LogP) is 25.5. The van der Waals surface area contributed by atoms with Gasteiger partial charge in [0.2, 0.25) is 0 Å². The largest absolute Gasteiger partial charge is 0.310 e. The van der Waals surface area contributed by atoms with Crippen LogP contribution in [0.15, 0.2) is 327 Å². The first-order chi connectivity index (χ1) is 56.8. The van der Waals surface area contributed by atoms with Crippen LogP contribution in [0.2, 0.25) is 0 Å². The molecular formula is C103H81BN6. The molecule has 0 aliphatic carbocycles. The minimum absolute atomic E-state index is 0.0320. The van der Waals surface area contributed by atoms with Crippen molar-refractivity contribution in [1.29, 1.82) is 5.26 Å². The molecule has 526 valence electrons. The Morgan fingerprint density at radius 1 is 0.300 bits per heavy atom. The second kappa shape index (κ2) is 25.0. The Balaban J connectivity index is 1.01. The zero-order valence-corrected chi connectivity index (χ0v) is 62.8. The van der Waals surface area contributed by atoms with E-state index in [1.165, 1.54) is 11.1 Å². The molecular weight excluding hydrogens is 1330 g/mol. The Hall–Kier alpha value is -13.1. The van der Waals surface area contributed by atoms with E-state index in [0.717, 1.165) is 133 Å². The molecule has 6 nitrogen and oxygen atoms in total. The summed E-state index contributed by atoms with van der Waals surface area (Å²) in [6.07, 6.45) is 0. The van der Waals surface area contributed by atoms with Gasteiger partial charge in [-0.05, 0) is 186 Å². The van der Waals surface area contributed by atoms with Crippen molar-refractivity contribution < 1.29 is 11.0 Å². The summed E-state index contributed by atoms with van der Waals surface area (Å²) in [7, 11) is 0. The number of aromatic nitrogens is 3. The van der Waals surface area contributed by atoms with E-state index in [4.69, 9.17) is 0 Å². The normalized spacial score (nSPS) is 13.9. The molecule has 0 fully saturated rings. The summed E-state index contributed by atoms with van der Waals surface area (Å²) in [4.78, 5) is 4.65. The number of hydrogen-bond donors (Lipinski definition) is 0. The second-order valence-electron chi connectivity index (χ2n) is 32.6.